The summed E-state index contributed by atoms with van der Waals surface area (Å²) >= 11 is 0. The molecule has 1 aromatic rings. The molecule has 3 heteroatoms. The van der Waals surface area contributed by atoms with Crippen LogP contribution < -0.4 is 10.5 Å². The molecule has 0 radical (unpaired) electrons. The third-order valence-corrected chi connectivity index (χ3v) is 2.77. The molecule has 0 spiro atoms. The van der Waals surface area contributed by atoms with Gasteiger partial charge in [-0.15, -0.1) is 0 Å². The predicted octanol–water partition coefficient (Wildman–Crippen LogP) is 2.13. The first-order chi connectivity index (χ1) is 7.15. The molecular formula is C12H17NO2. The Bertz CT molecular complexity index is 359. The van der Waals surface area contributed by atoms with Crippen molar-refractivity contribution < 1.29 is 9.84 Å². The van der Waals surface area contributed by atoms with Gasteiger partial charge in [-0.25, -0.2) is 0 Å². The van der Waals surface area contributed by atoms with E-state index >= 15 is 0 Å². The molecule has 1 aliphatic carbocycles. The minimum absolute atomic E-state index is 0.253. The standard InChI is InChI=1S/C12H17NO2/c1-2-7-15-9-3-4-10(11(14)8-9)12(13)5-6-12/h3-4,8,14H,2,5-7,13H2,1H3. The van der Waals surface area contributed by atoms with Crippen LogP contribution in [-0.2, 0) is 5.54 Å². The maximum atomic E-state index is 9.81. The van der Waals surface area contributed by atoms with Crippen molar-refractivity contribution in [3.63, 3.8) is 0 Å². The molecule has 15 heavy (non-hydrogen) atoms. The quantitative estimate of drug-likeness (QED) is 0.795. The Kier molecular flexibility index (Phi) is 2.57. The van der Waals surface area contributed by atoms with Crippen LogP contribution in [0.25, 0.3) is 0 Å². The van der Waals surface area contributed by atoms with Crippen molar-refractivity contribution in [2.75, 3.05) is 6.61 Å². The van der Waals surface area contributed by atoms with Gasteiger partial charge < -0.3 is 15.6 Å². The SMILES string of the molecule is CCCOc1ccc(C2(N)CC2)c(O)c1. The van der Waals surface area contributed by atoms with E-state index in [4.69, 9.17) is 10.5 Å². The molecule has 2 rings (SSSR count). The van der Waals surface area contributed by atoms with Crippen molar-refractivity contribution in [1.82, 2.24) is 0 Å². The smallest absolute Gasteiger partial charge is 0.124 e. The van der Waals surface area contributed by atoms with Gasteiger partial charge in [0.2, 0.25) is 0 Å². The number of phenolic OH excluding ortho intramolecular Hbond substituents is 1. The van der Waals surface area contributed by atoms with E-state index in [0.717, 1.165) is 24.8 Å². The Labute approximate surface area is 89.9 Å². The summed E-state index contributed by atoms with van der Waals surface area (Å²) in [5, 5.41) is 9.81. The number of phenols is 1. The second-order valence-electron chi connectivity index (χ2n) is 4.18. The maximum Gasteiger partial charge on any atom is 0.124 e. The predicted molar refractivity (Wildman–Crippen MR) is 59.0 cm³/mol. The van der Waals surface area contributed by atoms with Gasteiger partial charge in [0.25, 0.3) is 0 Å². The van der Waals surface area contributed by atoms with Gasteiger partial charge in [0.15, 0.2) is 0 Å². The highest BCUT2D eigenvalue weighted by atomic mass is 16.5. The Hall–Kier alpha value is -1.22. The zero-order valence-corrected chi connectivity index (χ0v) is 8.99. The lowest BCUT2D eigenvalue weighted by molar-refractivity contribution is 0.315. The highest BCUT2D eigenvalue weighted by molar-refractivity contribution is 5.45. The zero-order valence-electron chi connectivity index (χ0n) is 8.99. The van der Waals surface area contributed by atoms with E-state index < -0.39 is 0 Å². The van der Waals surface area contributed by atoms with Crippen molar-refractivity contribution in [2.24, 2.45) is 5.73 Å². The second kappa shape index (κ2) is 3.74. The normalized spacial score (nSPS) is 17.5. The Balaban J connectivity index is 2.16. The Morgan fingerprint density at radius 3 is 2.73 bits per heavy atom. The van der Waals surface area contributed by atoms with Crippen molar-refractivity contribution in [1.29, 1.82) is 0 Å². The zero-order chi connectivity index (χ0) is 10.9. The van der Waals surface area contributed by atoms with Crippen molar-refractivity contribution >= 4 is 0 Å². The molecule has 0 aromatic heterocycles. The molecule has 0 atom stereocenters. The van der Waals surface area contributed by atoms with Crippen LogP contribution in [0, 0.1) is 0 Å². The summed E-state index contributed by atoms with van der Waals surface area (Å²) in [5.41, 5.74) is 6.57. The maximum absolute atomic E-state index is 9.81. The Morgan fingerprint density at radius 2 is 2.20 bits per heavy atom. The van der Waals surface area contributed by atoms with Crippen LogP contribution >= 0.6 is 0 Å². The minimum atomic E-state index is -0.284. The number of ether oxygens (including phenoxy) is 1. The van der Waals surface area contributed by atoms with Crippen LogP contribution in [0.5, 0.6) is 11.5 Å². The summed E-state index contributed by atoms with van der Waals surface area (Å²) in [5.74, 6) is 0.964. The first kappa shape index (κ1) is 10.3. The Morgan fingerprint density at radius 1 is 1.47 bits per heavy atom. The molecule has 1 fully saturated rings. The van der Waals surface area contributed by atoms with E-state index in [9.17, 15) is 5.11 Å². The van der Waals surface area contributed by atoms with Crippen LogP contribution in [0.2, 0.25) is 0 Å². The van der Waals surface area contributed by atoms with E-state index in [0.29, 0.717) is 12.4 Å². The molecular weight excluding hydrogens is 190 g/mol. The molecule has 3 N–H and O–H groups in total. The molecule has 1 saturated carbocycles. The first-order valence-electron chi connectivity index (χ1n) is 5.41. The molecule has 82 valence electrons. The number of hydrogen-bond donors (Lipinski definition) is 2. The summed E-state index contributed by atoms with van der Waals surface area (Å²) in [6, 6.07) is 5.39. The highest BCUT2D eigenvalue weighted by Crippen LogP contribution is 2.46. The third kappa shape index (κ3) is 2.07. The number of aromatic hydroxyl groups is 1. The van der Waals surface area contributed by atoms with Crippen molar-refractivity contribution in [2.45, 2.75) is 31.7 Å². The lowest BCUT2D eigenvalue weighted by atomic mass is 10.0. The molecule has 3 nitrogen and oxygen atoms in total. The lowest BCUT2D eigenvalue weighted by Gasteiger charge is -2.13. The van der Waals surface area contributed by atoms with Gasteiger partial charge in [0.05, 0.1) is 6.61 Å². The second-order valence-corrected chi connectivity index (χ2v) is 4.18. The van der Waals surface area contributed by atoms with Crippen LogP contribution in [-0.4, -0.2) is 11.7 Å². The van der Waals surface area contributed by atoms with Gasteiger partial charge in [-0.2, -0.15) is 0 Å². The fraction of sp³-hybridized carbons (Fsp3) is 0.500. The molecule has 1 aromatic carbocycles. The van der Waals surface area contributed by atoms with Gasteiger partial charge in [0.1, 0.15) is 11.5 Å². The van der Waals surface area contributed by atoms with Crippen LogP contribution in [0.3, 0.4) is 0 Å². The molecule has 0 bridgehead atoms. The fourth-order valence-corrected chi connectivity index (χ4v) is 1.65. The summed E-state index contributed by atoms with van der Waals surface area (Å²) in [6.07, 6.45) is 2.87. The number of hydrogen-bond acceptors (Lipinski definition) is 3. The van der Waals surface area contributed by atoms with E-state index in [-0.39, 0.29) is 11.3 Å². The van der Waals surface area contributed by atoms with Gasteiger partial charge in [-0.05, 0) is 31.4 Å². The van der Waals surface area contributed by atoms with Gasteiger partial charge in [0, 0.05) is 17.2 Å². The molecule has 0 saturated heterocycles. The average molecular weight is 207 g/mol. The highest BCUT2D eigenvalue weighted by Gasteiger charge is 2.41. The summed E-state index contributed by atoms with van der Waals surface area (Å²) in [7, 11) is 0. The van der Waals surface area contributed by atoms with E-state index in [2.05, 4.69) is 0 Å². The molecule has 0 unspecified atom stereocenters. The van der Waals surface area contributed by atoms with Crippen LogP contribution in [0.4, 0.5) is 0 Å². The third-order valence-electron chi connectivity index (χ3n) is 2.77. The average Bonchev–Trinajstić information content (AvgIpc) is 2.94. The van der Waals surface area contributed by atoms with Gasteiger partial charge >= 0.3 is 0 Å². The topological polar surface area (TPSA) is 55.5 Å². The van der Waals surface area contributed by atoms with Crippen LogP contribution in [0.15, 0.2) is 18.2 Å². The number of nitrogens with two attached hydrogens (primary N) is 1. The van der Waals surface area contributed by atoms with Crippen molar-refractivity contribution in [3.8, 4) is 11.5 Å². The van der Waals surface area contributed by atoms with E-state index in [1.54, 1.807) is 6.07 Å². The molecule has 0 aliphatic heterocycles. The molecule has 1 aliphatic rings. The summed E-state index contributed by atoms with van der Waals surface area (Å²) in [4.78, 5) is 0. The summed E-state index contributed by atoms with van der Waals surface area (Å²) < 4.78 is 5.42. The van der Waals surface area contributed by atoms with E-state index in [1.165, 1.54) is 0 Å². The van der Waals surface area contributed by atoms with E-state index in [1.807, 2.05) is 19.1 Å². The summed E-state index contributed by atoms with van der Waals surface area (Å²) in [6.45, 7) is 2.72. The van der Waals surface area contributed by atoms with Crippen LogP contribution in [0.1, 0.15) is 31.7 Å². The molecule has 0 heterocycles. The van der Waals surface area contributed by atoms with Crippen molar-refractivity contribution in [3.05, 3.63) is 23.8 Å². The number of rotatable bonds is 4. The molecule has 0 amide bonds. The number of benzene rings is 1. The minimum Gasteiger partial charge on any atom is -0.507 e. The van der Waals surface area contributed by atoms with Gasteiger partial charge in [-0.3, -0.25) is 0 Å². The largest absolute Gasteiger partial charge is 0.507 e. The monoisotopic (exact) mass is 207 g/mol. The van der Waals surface area contributed by atoms with Gasteiger partial charge in [-0.1, -0.05) is 6.92 Å². The fourth-order valence-electron chi connectivity index (χ4n) is 1.65. The lowest BCUT2D eigenvalue weighted by Crippen LogP contribution is -2.18. The first-order valence-corrected chi connectivity index (χ1v) is 5.41.